The maximum Gasteiger partial charge on any atom is 0.225 e. The fourth-order valence-corrected chi connectivity index (χ4v) is 4.95. The predicted octanol–water partition coefficient (Wildman–Crippen LogP) is 1.16. The van der Waals surface area contributed by atoms with E-state index in [1.54, 1.807) is 12.4 Å². The number of rotatable bonds is 5. The van der Waals surface area contributed by atoms with Crippen LogP contribution in [0.1, 0.15) is 20.3 Å². The molecule has 3 heterocycles. The molecule has 0 saturated carbocycles. The average Bonchev–Trinajstić information content (AvgIpc) is 2.77. The van der Waals surface area contributed by atoms with Gasteiger partial charge in [0.1, 0.15) is 0 Å². The molecule has 0 spiro atoms. The van der Waals surface area contributed by atoms with Crippen molar-refractivity contribution in [2.24, 2.45) is 10.9 Å². The van der Waals surface area contributed by atoms with E-state index in [0.29, 0.717) is 37.2 Å². The maximum atomic E-state index is 12.6. The number of nitrogens with zero attached hydrogens (tertiary/aromatic N) is 6. The summed E-state index contributed by atoms with van der Waals surface area (Å²) < 4.78 is 0. The SMILES string of the molecule is CN=C(NCCC(=O)N1CCN(c2ncccn2)CC1)N1CCSC(C(C)C)C1. The van der Waals surface area contributed by atoms with Gasteiger partial charge in [0.25, 0.3) is 0 Å². The van der Waals surface area contributed by atoms with E-state index in [2.05, 4.69) is 55.7 Å². The molecule has 0 radical (unpaired) electrons. The van der Waals surface area contributed by atoms with Gasteiger partial charge >= 0.3 is 0 Å². The van der Waals surface area contributed by atoms with Crippen molar-refractivity contribution in [2.75, 3.05) is 63.5 Å². The zero-order valence-corrected chi connectivity index (χ0v) is 18.6. The Labute approximate surface area is 178 Å². The Bertz CT molecular complexity index is 677. The van der Waals surface area contributed by atoms with E-state index in [9.17, 15) is 4.79 Å². The monoisotopic (exact) mass is 419 g/mol. The fraction of sp³-hybridized carbons (Fsp3) is 0.700. The molecule has 3 rings (SSSR count). The topological polar surface area (TPSA) is 77.0 Å². The third-order valence-electron chi connectivity index (χ3n) is 5.44. The zero-order chi connectivity index (χ0) is 20.6. The molecule has 1 aromatic rings. The lowest BCUT2D eigenvalue weighted by Crippen LogP contribution is -2.51. The predicted molar refractivity (Wildman–Crippen MR) is 119 cm³/mol. The number of aromatic nitrogens is 2. The second-order valence-electron chi connectivity index (χ2n) is 7.74. The molecule has 1 aromatic heterocycles. The average molecular weight is 420 g/mol. The highest BCUT2D eigenvalue weighted by Gasteiger charge is 2.25. The number of anilines is 1. The second-order valence-corrected chi connectivity index (χ2v) is 9.09. The lowest BCUT2D eigenvalue weighted by atomic mass is 10.1. The Morgan fingerprint density at radius 2 is 1.93 bits per heavy atom. The van der Waals surface area contributed by atoms with E-state index >= 15 is 0 Å². The van der Waals surface area contributed by atoms with E-state index < -0.39 is 0 Å². The lowest BCUT2D eigenvalue weighted by Gasteiger charge is -2.36. The summed E-state index contributed by atoms with van der Waals surface area (Å²) in [6, 6.07) is 1.82. The Kier molecular flexibility index (Phi) is 7.97. The Hall–Kier alpha value is -2.03. The van der Waals surface area contributed by atoms with Crippen molar-refractivity contribution in [1.29, 1.82) is 0 Å². The van der Waals surface area contributed by atoms with E-state index in [1.165, 1.54) is 0 Å². The summed E-state index contributed by atoms with van der Waals surface area (Å²) in [5.41, 5.74) is 0. The molecule has 0 aromatic carbocycles. The number of nitrogens with one attached hydrogen (secondary N) is 1. The highest BCUT2D eigenvalue weighted by Crippen LogP contribution is 2.24. The molecule has 160 valence electrons. The number of guanidine groups is 1. The maximum absolute atomic E-state index is 12.6. The van der Waals surface area contributed by atoms with Gasteiger partial charge in [0.2, 0.25) is 11.9 Å². The number of aliphatic imine (C=N–C) groups is 1. The molecule has 0 bridgehead atoms. The zero-order valence-electron chi connectivity index (χ0n) is 17.8. The van der Waals surface area contributed by atoms with Gasteiger partial charge in [0.15, 0.2) is 5.96 Å². The summed E-state index contributed by atoms with van der Waals surface area (Å²) in [5.74, 6) is 3.62. The molecule has 1 N–H and O–H groups in total. The van der Waals surface area contributed by atoms with Gasteiger partial charge in [-0.25, -0.2) is 9.97 Å². The first kappa shape index (κ1) is 21.7. The molecule has 2 saturated heterocycles. The van der Waals surface area contributed by atoms with Crippen LogP contribution in [0, 0.1) is 5.92 Å². The van der Waals surface area contributed by atoms with Crippen LogP contribution in [-0.2, 0) is 4.79 Å². The minimum Gasteiger partial charge on any atom is -0.356 e. The molecule has 2 aliphatic heterocycles. The molecular formula is C20H33N7OS. The minimum atomic E-state index is 0.191. The summed E-state index contributed by atoms with van der Waals surface area (Å²) in [6.45, 7) is 10.2. The van der Waals surface area contributed by atoms with Gasteiger partial charge in [-0.05, 0) is 12.0 Å². The van der Waals surface area contributed by atoms with Crippen molar-refractivity contribution in [3.8, 4) is 0 Å². The number of amides is 1. The lowest BCUT2D eigenvalue weighted by molar-refractivity contribution is -0.131. The fourth-order valence-electron chi connectivity index (χ4n) is 3.65. The first-order valence-corrected chi connectivity index (χ1v) is 11.5. The first-order chi connectivity index (χ1) is 14.1. The second kappa shape index (κ2) is 10.7. The quantitative estimate of drug-likeness (QED) is 0.567. The normalized spacial score (nSPS) is 20.9. The van der Waals surface area contributed by atoms with Crippen LogP contribution in [0.4, 0.5) is 5.95 Å². The first-order valence-electron chi connectivity index (χ1n) is 10.5. The minimum absolute atomic E-state index is 0.191. The van der Waals surface area contributed by atoms with Gasteiger partial charge in [0, 0.05) is 82.7 Å². The summed E-state index contributed by atoms with van der Waals surface area (Å²) in [4.78, 5) is 32.0. The van der Waals surface area contributed by atoms with Crippen LogP contribution in [0.15, 0.2) is 23.5 Å². The molecule has 2 aliphatic rings. The Balaban J connectivity index is 1.40. The highest BCUT2D eigenvalue weighted by atomic mass is 32.2. The number of carbonyl (C=O) groups is 1. The summed E-state index contributed by atoms with van der Waals surface area (Å²) in [6.07, 6.45) is 3.99. The van der Waals surface area contributed by atoms with E-state index in [0.717, 1.165) is 43.8 Å². The number of thioether (sulfide) groups is 1. The number of hydrogen-bond acceptors (Lipinski definition) is 6. The van der Waals surface area contributed by atoms with Gasteiger partial charge in [-0.2, -0.15) is 11.8 Å². The molecule has 1 atom stereocenters. The molecule has 1 unspecified atom stereocenters. The number of piperazine rings is 1. The smallest absolute Gasteiger partial charge is 0.225 e. The van der Waals surface area contributed by atoms with Gasteiger partial charge in [-0.3, -0.25) is 9.79 Å². The van der Waals surface area contributed by atoms with Crippen LogP contribution in [-0.4, -0.2) is 95.5 Å². The van der Waals surface area contributed by atoms with Gasteiger partial charge in [-0.15, -0.1) is 0 Å². The van der Waals surface area contributed by atoms with Crippen LogP contribution in [0.25, 0.3) is 0 Å². The van der Waals surface area contributed by atoms with E-state index in [-0.39, 0.29) is 5.91 Å². The van der Waals surface area contributed by atoms with Gasteiger partial charge in [0.05, 0.1) is 0 Å². The number of carbonyl (C=O) groups excluding carboxylic acids is 1. The molecular weight excluding hydrogens is 386 g/mol. The van der Waals surface area contributed by atoms with Crippen molar-refractivity contribution < 1.29 is 4.79 Å². The molecule has 29 heavy (non-hydrogen) atoms. The summed E-state index contributed by atoms with van der Waals surface area (Å²) in [7, 11) is 1.82. The van der Waals surface area contributed by atoms with Crippen molar-refractivity contribution in [3.63, 3.8) is 0 Å². The van der Waals surface area contributed by atoms with Crippen LogP contribution >= 0.6 is 11.8 Å². The Morgan fingerprint density at radius 1 is 1.21 bits per heavy atom. The standard InChI is InChI=1S/C20H33N7OS/c1-16(2)17-15-27(13-14-29-17)19(21-3)24-8-5-18(28)25-9-11-26(12-10-25)20-22-6-4-7-23-20/h4,6-7,16-17H,5,8-15H2,1-3H3,(H,21,24). The highest BCUT2D eigenvalue weighted by molar-refractivity contribution is 8.00. The molecule has 9 heteroatoms. The Morgan fingerprint density at radius 3 is 2.59 bits per heavy atom. The molecule has 0 aliphatic carbocycles. The molecule has 1 amide bonds. The summed E-state index contributed by atoms with van der Waals surface area (Å²) >= 11 is 2.05. The third-order valence-corrected chi connectivity index (χ3v) is 6.98. The van der Waals surface area contributed by atoms with Crippen LogP contribution in [0.3, 0.4) is 0 Å². The van der Waals surface area contributed by atoms with Crippen molar-refractivity contribution in [2.45, 2.75) is 25.5 Å². The third kappa shape index (κ3) is 5.98. The van der Waals surface area contributed by atoms with Crippen LogP contribution in [0.2, 0.25) is 0 Å². The number of hydrogen-bond donors (Lipinski definition) is 1. The van der Waals surface area contributed by atoms with Gasteiger partial charge < -0.3 is 20.0 Å². The van der Waals surface area contributed by atoms with E-state index in [4.69, 9.17) is 0 Å². The summed E-state index contributed by atoms with van der Waals surface area (Å²) in [5, 5.41) is 4.03. The van der Waals surface area contributed by atoms with Crippen molar-refractivity contribution in [3.05, 3.63) is 18.5 Å². The van der Waals surface area contributed by atoms with E-state index in [1.807, 2.05) is 18.0 Å². The molecule has 8 nitrogen and oxygen atoms in total. The molecule has 2 fully saturated rings. The van der Waals surface area contributed by atoms with Crippen LogP contribution < -0.4 is 10.2 Å². The van der Waals surface area contributed by atoms with Gasteiger partial charge in [-0.1, -0.05) is 13.8 Å². The van der Waals surface area contributed by atoms with Crippen molar-refractivity contribution >= 4 is 29.6 Å². The van der Waals surface area contributed by atoms with Crippen LogP contribution in [0.5, 0.6) is 0 Å². The largest absolute Gasteiger partial charge is 0.356 e. The van der Waals surface area contributed by atoms with Crippen molar-refractivity contribution in [1.82, 2.24) is 25.1 Å².